The summed E-state index contributed by atoms with van der Waals surface area (Å²) in [6, 6.07) is 6.29. The number of amides is 1. The summed E-state index contributed by atoms with van der Waals surface area (Å²) >= 11 is 0. The first-order chi connectivity index (χ1) is 11.6. The summed E-state index contributed by atoms with van der Waals surface area (Å²) < 4.78 is 10.5. The molecule has 2 rings (SSSR count). The molecule has 0 aliphatic carbocycles. The zero-order chi connectivity index (χ0) is 17.4. The van der Waals surface area contributed by atoms with E-state index < -0.39 is 6.04 Å². The fourth-order valence-electron chi connectivity index (χ4n) is 2.15. The van der Waals surface area contributed by atoms with Crippen LogP contribution >= 0.6 is 0 Å². The predicted octanol–water partition coefficient (Wildman–Crippen LogP) is 1.78. The van der Waals surface area contributed by atoms with E-state index in [4.69, 9.17) is 14.9 Å². The monoisotopic (exact) mass is 333 g/mol. The second-order valence-electron chi connectivity index (χ2n) is 5.35. The highest BCUT2D eigenvalue weighted by molar-refractivity contribution is 5.91. The maximum absolute atomic E-state index is 12.0. The Morgan fingerprint density at radius 1 is 1.42 bits per heavy atom. The molecule has 0 radical (unpaired) electrons. The van der Waals surface area contributed by atoms with Gasteiger partial charge < -0.3 is 25.3 Å². The molecule has 0 aliphatic rings. The topological polar surface area (TPSA) is 111 Å². The van der Waals surface area contributed by atoms with E-state index in [1.807, 2.05) is 6.92 Å². The van der Waals surface area contributed by atoms with Crippen molar-refractivity contribution in [2.75, 3.05) is 19.8 Å². The van der Waals surface area contributed by atoms with Gasteiger partial charge in [0.2, 0.25) is 5.89 Å². The van der Waals surface area contributed by atoms with Crippen molar-refractivity contribution in [2.24, 2.45) is 5.73 Å². The van der Waals surface area contributed by atoms with Gasteiger partial charge in [0, 0.05) is 19.8 Å². The Hall–Kier alpha value is -2.38. The number of hydrogen-bond donors (Lipinski definition) is 3. The van der Waals surface area contributed by atoms with Crippen LogP contribution in [0.25, 0.3) is 0 Å². The summed E-state index contributed by atoms with van der Waals surface area (Å²) in [7, 11) is 0. The van der Waals surface area contributed by atoms with Crippen LogP contribution in [0, 0.1) is 0 Å². The van der Waals surface area contributed by atoms with Gasteiger partial charge in [0.1, 0.15) is 12.0 Å². The fourth-order valence-corrected chi connectivity index (χ4v) is 2.15. The third-order valence-corrected chi connectivity index (χ3v) is 3.42. The van der Waals surface area contributed by atoms with E-state index in [9.17, 15) is 9.90 Å². The van der Waals surface area contributed by atoms with Crippen LogP contribution in [-0.2, 0) is 11.2 Å². The number of nitrogens with zero attached hydrogens (tertiary/aromatic N) is 1. The Kier molecular flexibility index (Phi) is 6.77. The number of benzene rings is 1. The highest BCUT2D eigenvalue weighted by Crippen LogP contribution is 2.17. The minimum absolute atomic E-state index is 0.201. The van der Waals surface area contributed by atoms with E-state index in [1.165, 1.54) is 6.26 Å². The third kappa shape index (κ3) is 5.36. The second-order valence-corrected chi connectivity index (χ2v) is 5.35. The Morgan fingerprint density at radius 3 is 2.88 bits per heavy atom. The van der Waals surface area contributed by atoms with Gasteiger partial charge in [-0.3, -0.25) is 4.79 Å². The molecule has 1 unspecified atom stereocenters. The number of carbonyl (C=O) groups excluding carboxylic acids is 1. The van der Waals surface area contributed by atoms with Crippen LogP contribution in [-0.4, -0.2) is 35.8 Å². The lowest BCUT2D eigenvalue weighted by Gasteiger charge is -2.07. The van der Waals surface area contributed by atoms with Crippen LogP contribution in [0.15, 0.2) is 34.9 Å². The van der Waals surface area contributed by atoms with Crippen molar-refractivity contribution in [3.05, 3.63) is 47.7 Å². The molecule has 1 aromatic heterocycles. The smallest absolute Gasteiger partial charge is 0.273 e. The number of nitrogens with one attached hydrogen (secondary N) is 1. The Bertz CT molecular complexity index is 640. The molecule has 0 saturated carbocycles. The third-order valence-electron chi connectivity index (χ3n) is 3.42. The van der Waals surface area contributed by atoms with Crippen LogP contribution in [0.3, 0.4) is 0 Å². The van der Waals surface area contributed by atoms with Crippen molar-refractivity contribution in [3.63, 3.8) is 0 Å². The van der Waals surface area contributed by atoms with Gasteiger partial charge in [-0.25, -0.2) is 4.98 Å². The number of oxazole rings is 1. The largest absolute Gasteiger partial charge is 0.508 e. The Balaban J connectivity index is 1.84. The molecule has 2 aromatic rings. The highest BCUT2D eigenvalue weighted by atomic mass is 16.5. The maximum Gasteiger partial charge on any atom is 0.273 e. The van der Waals surface area contributed by atoms with Gasteiger partial charge in [-0.15, -0.1) is 0 Å². The Labute approximate surface area is 140 Å². The maximum atomic E-state index is 12.0. The molecule has 0 aliphatic heterocycles. The first-order valence-corrected chi connectivity index (χ1v) is 7.95. The minimum atomic E-state index is -0.464. The molecule has 24 heavy (non-hydrogen) atoms. The fraction of sp³-hybridized carbons (Fsp3) is 0.412. The van der Waals surface area contributed by atoms with Crippen molar-refractivity contribution in [2.45, 2.75) is 25.8 Å². The number of phenolic OH excluding ortho intramolecular Hbond substituents is 1. The summed E-state index contributed by atoms with van der Waals surface area (Å²) in [6.07, 6.45) is 2.55. The number of phenols is 1. The normalized spacial score (nSPS) is 12.1. The molecule has 130 valence electrons. The SMILES string of the molecule is CCOCCCNC(=O)c1coc(C(N)Cc2ccc(O)cc2)n1. The summed E-state index contributed by atoms with van der Waals surface area (Å²) in [6.45, 7) is 3.72. The van der Waals surface area contributed by atoms with Crippen LogP contribution < -0.4 is 11.1 Å². The number of carbonyl (C=O) groups is 1. The highest BCUT2D eigenvalue weighted by Gasteiger charge is 2.17. The van der Waals surface area contributed by atoms with E-state index in [0.717, 1.165) is 12.0 Å². The summed E-state index contributed by atoms with van der Waals surface area (Å²) in [5, 5.41) is 12.0. The number of ether oxygens (including phenoxy) is 1. The number of aromatic hydroxyl groups is 1. The van der Waals surface area contributed by atoms with Gasteiger partial charge in [0.15, 0.2) is 5.69 Å². The number of hydrogen-bond acceptors (Lipinski definition) is 6. The lowest BCUT2D eigenvalue weighted by molar-refractivity contribution is 0.0939. The van der Waals surface area contributed by atoms with Crippen LogP contribution in [0.4, 0.5) is 0 Å². The van der Waals surface area contributed by atoms with Gasteiger partial charge in [-0.1, -0.05) is 12.1 Å². The Morgan fingerprint density at radius 2 is 2.17 bits per heavy atom. The molecule has 7 nitrogen and oxygen atoms in total. The average Bonchev–Trinajstić information content (AvgIpc) is 3.07. The zero-order valence-corrected chi connectivity index (χ0v) is 13.7. The van der Waals surface area contributed by atoms with Crippen molar-refractivity contribution < 1.29 is 19.1 Å². The van der Waals surface area contributed by atoms with Gasteiger partial charge in [-0.05, 0) is 37.5 Å². The van der Waals surface area contributed by atoms with Gasteiger partial charge in [0.05, 0.1) is 6.04 Å². The first kappa shape index (κ1) is 18.0. The second kappa shape index (κ2) is 9.05. The summed E-state index contributed by atoms with van der Waals surface area (Å²) in [4.78, 5) is 16.1. The van der Waals surface area contributed by atoms with Crippen molar-refractivity contribution in [3.8, 4) is 5.75 Å². The van der Waals surface area contributed by atoms with Crippen molar-refractivity contribution in [1.82, 2.24) is 10.3 Å². The van der Waals surface area contributed by atoms with E-state index in [1.54, 1.807) is 24.3 Å². The standard InChI is InChI=1S/C17H23N3O4/c1-2-23-9-3-8-19-16(22)15-11-24-17(20-15)14(18)10-12-4-6-13(21)7-5-12/h4-7,11,14,21H,2-3,8-10,18H2,1H3,(H,19,22). The number of nitrogens with two attached hydrogens (primary N) is 1. The molecular weight excluding hydrogens is 310 g/mol. The molecule has 1 heterocycles. The number of aromatic nitrogens is 1. The van der Waals surface area contributed by atoms with E-state index >= 15 is 0 Å². The van der Waals surface area contributed by atoms with E-state index in [2.05, 4.69) is 10.3 Å². The summed E-state index contributed by atoms with van der Waals surface area (Å²) in [5.74, 6) is 0.215. The molecule has 1 amide bonds. The predicted molar refractivity (Wildman–Crippen MR) is 88.7 cm³/mol. The van der Waals surface area contributed by atoms with Gasteiger partial charge in [-0.2, -0.15) is 0 Å². The van der Waals surface area contributed by atoms with E-state index in [-0.39, 0.29) is 17.4 Å². The molecule has 0 spiro atoms. The van der Waals surface area contributed by atoms with Gasteiger partial charge >= 0.3 is 0 Å². The van der Waals surface area contributed by atoms with E-state index in [0.29, 0.717) is 32.1 Å². The molecule has 0 fully saturated rings. The van der Waals surface area contributed by atoms with Crippen molar-refractivity contribution >= 4 is 5.91 Å². The quantitative estimate of drug-likeness (QED) is 0.603. The molecule has 1 aromatic carbocycles. The van der Waals surface area contributed by atoms with Crippen LogP contribution in [0.5, 0.6) is 5.75 Å². The molecule has 0 saturated heterocycles. The molecule has 0 bridgehead atoms. The van der Waals surface area contributed by atoms with Crippen LogP contribution in [0.2, 0.25) is 0 Å². The summed E-state index contributed by atoms with van der Waals surface area (Å²) in [5.41, 5.74) is 7.22. The molecule has 1 atom stereocenters. The molecule has 7 heteroatoms. The lowest BCUT2D eigenvalue weighted by atomic mass is 10.1. The lowest BCUT2D eigenvalue weighted by Crippen LogP contribution is -2.25. The average molecular weight is 333 g/mol. The van der Waals surface area contributed by atoms with Crippen LogP contribution in [0.1, 0.15) is 41.3 Å². The molecule has 4 N–H and O–H groups in total. The first-order valence-electron chi connectivity index (χ1n) is 7.95. The zero-order valence-electron chi connectivity index (χ0n) is 13.7. The van der Waals surface area contributed by atoms with Crippen molar-refractivity contribution in [1.29, 1.82) is 0 Å². The number of rotatable bonds is 9. The minimum Gasteiger partial charge on any atom is -0.508 e. The molecular formula is C17H23N3O4. The van der Waals surface area contributed by atoms with Gasteiger partial charge in [0.25, 0.3) is 5.91 Å².